The van der Waals surface area contributed by atoms with Crippen LogP contribution in [-0.4, -0.2) is 17.5 Å². The fourth-order valence-corrected chi connectivity index (χ4v) is 2.11. The second-order valence-electron chi connectivity index (χ2n) is 4.75. The first-order valence-electron chi connectivity index (χ1n) is 5.66. The zero-order valence-corrected chi connectivity index (χ0v) is 9.44. The van der Waals surface area contributed by atoms with Gasteiger partial charge in [-0.3, -0.25) is 4.79 Å². The van der Waals surface area contributed by atoms with E-state index in [0.29, 0.717) is 12.8 Å². The summed E-state index contributed by atoms with van der Waals surface area (Å²) in [5, 5.41) is 0. The van der Waals surface area contributed by atoms with Crippen LogP contribution in [0.4, 0.5) is 13.2 Å². The van der Waals surface area contributed by atoms with Gasteiger partial charge < -0.3 is 5.73 Å². The Kier molecular flexibility index (Phi) is 3.99. The van der Waals surface area contributed by atoms with Gasteiger partial charge in [-0.25, -0.2) is 0 Å². The lowest BCUT2D eigenvalue weighted by Gasteiger charge is -2.29. The van der Waals surface area contributed by atoms with Crippen LogP contribution >= 0.6 is 0 Å². The quantitative estimate of drug-likeness (QED) is 0.750. The lowest BCUT2D eigenvalue weighted by Crippen LogP contribution is -2.59. The van der Waals surface area contributed by atoms with Crippen molar-refractivity contribution in [3.05, 3.63) is 0 Å². The minimum absolute atomic E-state index is 0.515. The van der Waals surface area contributed by atoms with E-state index in [2.05, 4.69) is 0 Å². The van der Waals surface area contributed by atoms with Crippen molar-refractivity contribution in [2.45, 2.75) is 57.2 Å². The maximum absolute atomic E-state index is 12.6. The molecule has 1 aliphatic rings. The monoisotopic (exact) mass is 237 g/mol. The van der Waals surface area contributed by atoms with Crippen LogP contribution in [0.15, 0.2) is 0 Å². The average Bonchev–Trinajstić information content (AvgIpc) is 2.42. The van der Waals surface area contributed by atoms with Gasteiger partial charge in [-0.2, -0.15) is 13.2 Å². The maximum Gasteiger partial charge on any atom is 0.413 e. The van der Waals surface area contributed by atoms with Gasteiger partial charge >= 0.3 is 6.18 Å². The molecule has 0 aromatic carbocycles. The molecule has 1 fully saturated rings. The fourth-order valence-electron chi connectivity index (χ4n) is 2.11. The van der Waals surface area contributed by atoms with Gasteiger partial charge in [0.2, 0.25) is 0 Å². The minimum Gasteiger partial charge on any atom is -0.312 e. The summed E-state index contributed by atoms with van der Waals surface area (Å²) in [5.41, 5.74) is 2.45. The molecule has 1 atom stereocenters. The van der Waals surface area contributed by atoms with Crippen molar-refractivity contribution in [3.63, 3.8) is 0 Å². The second-order valence-corrected chi connectivity index (χ2v) is 4.75. The molecular formula is C11H18F3NO. The highest BCUT2D eigenvalue weighted by Gasteiger charge is 2.54. The van der Waals surface area contributed by atoms with Gasteiger partial charge in [0.05, 0.1) is 0 Å². The molecule has 0 aliphatic heterocycles. The van der Waals surface area contributed by atoms with E-state index in [1.165, 1.54) is 0 Å². The van der Waals surface area contributed by atoms with Crippen LogP contribution in [-0.2, 0) is 4.79 Å². The smallest absolute Gasteiger partial charge is 0.312 e. The number of carbonyl (C=O) groups excluding carboxylic acids is 1. The number of alkyl halides is 3. The Morgan fingerprint density at radius 2 is 1.56 bits per heavy atom. The standard InChI is InChI=1S/C11H18F3NO/c1-10(15,11(12,13)14)9(16)8-6-4-2-3-5-7-8/h8H,2-7,15H2,1H3. The molecule has 0 bridgehead atoms. The average molecular weight is 237 g/mol. The van der Waals surface area contributed by atoms with E-state index in [-0.39, 0.29) is 0 Å². The van der Waals surface area contributed by atoms with Crippen LogP contribution in [0.25, 0.3) is 0 Å². The summed E-state index contributed by atoms with van der Waals surface area (Å²) in [6, 6.07) is 0. The predicted octanol–water partition coefficient (Wildman–Crippen LogP) is 2.81. The van der Waals surface area contributed by atoms with Gasteiger partial charge in [-0.05, 0) is 19.8 Å². The lowest BCUT2D eigenvalue weighted by atomic mass is 9.83. The Morgan fingerprint density at radius 1 is 1.12 bits per heavy atom. The van der Waals surface area contributed by atoms with Crippen LogP contribution in [0, 0.1) is 5.92 Å². The third-order valence-corrected chi connectivity index (χ3v) is 3.33. The number of hydrogen-bond acceptors (Lipinski definition) is 2. The lowest BCUT2D eigenvalue weighted by molar-refractivity contribution is -0.188. The van der Waals surface area contributed by atoms with Crippen LogP contribution in [0.1, 0.15) is 45.4 Å². The van der Waals surface area contributed by atoms with E-state index < -0.39 is 23.4 Å². The molecule has 0 radical (unpaired) electrons. The predicted molar refractivity (Wildman–Crippen MR) is 54.8 cm³/mol. The van der Waals surface area contributed by atoms with Gasteiger partial charge in [0, 0.05) is 5.92 Å². The highest BCUT2D eigenvalue weighted by molar-refractivity contribution is 5.90. The topological polar surface area (TPSA) is 43.1 Å². The van der Waals surface area contributed by atoms with Crippen LogP contribution in [0.2, 0.25) is 0 Å². The molecule has 1 saturated carbocycles. The van der Waals surface area contributed by atoms with Crippen LogP contribution in [0.5, 0.6) is 0 Å². The maximum atomic E-state index is 12.6. The van der Waals surface area contributed by atoms with Crippen molar-refractivity contribution in [1.82, 2.24) is 0 Å². The molecule has 2 N–H and O–H groups in total. The van der Waals surface area contributed by atoms with Gasteiger partial charge in [-0.15, -0.1) is 0 Å². The number of hydrogen-bond donors (Lipinski definition) is 1. The Hall–Kier alpha value is -0.580. The van der Waals surface area contributed by atoms with E-state index >= 15 is 0 Å². The first-order chi connectivity index (χ1) is 7.27. The zero-order valence-electron chi connectivity index (χ0n) is 9.44. The number of carbonyl (C=O) groups is 1. The molecule has 1 unspecified atom stereocenters. The van der Waals surface area contributed by atoms with E-state index in [1.807, 2.05) is 0 Å². The molecule has 16 heavy (non-hydrogen) atoms. The van der Waals surface area contributed by atoms with Gasteiger partial charge in [0.15, 0.2) is 11.3 Å². The molecule has 5 heteroatoms. The van der Waals surface area contributed by atoms with Crippen molar-refractivity contribution in [3.8, 4) is 0 Å². The fraction of sp³-hybridized carbons (Fsp3) is 0.909. The Morgan fingerprint density at radius 3 is 1.94 bits per heavy atom. The number of rotatable bonds is 2. The van der Waals surface area contributed by atoms with Crippen LogP contribution in [0.3, 0.4) is 0 Å². The van der Waals surface area contributed by atoms with Crippen LogP contribution < -0.4 is 5.73 Å². The number of Topliss-reactive ketones (excluding diaryl/α,β-unsaturated/α-hetero) is 1. The molecular weight excluding hydrogens is 219 g/mol. The molecule has 1 aliphatic carbocycles. The minimum atomic E-state index is -4.66. The molecule has 0 heterocycles. The molecule has 2 nitrogen and oxygen atoms in total. The summed E-state index contributed by atoms with van der Waals surface area (Å²) in [4.78, 5) is 11.8. The third-order valence-electron chi connectivity index (χ3n) is 3.33. The molecule has 1 rings (SSSR count). The summed E-state index contributed by atoms with van der Waals surface area (Å²) in [6.07, 6.45) is 0.0721. The number of ketones is 1. The molecule has 0 saturated heterocycles. The van der Waals surface area contributed by atoms with Gasteiger partial charge in [0.25, 0.3) is 0 Å². The summed E-state index contributed by atoms with van der Waals surface area (Å²) in [6.45, 7) is 0.778. The summed E-state index contributed by atoms with van der Waals surface area (Å²) >= 11 is 0. The van der Waals surface area contributed by atoms with Gasteiger partial charge in [-0.1, -0.05) is 25.7 Å². The van der Waals surface area contributed by atoms with Crippen molar-refractivity contribution in [1.29, 1.82) is 0 Å². The first kappa shape index (κ1) is 13.5. The van der Waals surface area contributed by atoms with Crippen molar-refractivity contribution in [2.75, 3.05) is 0 Å². The highest BCUT2D eigenvalue weighted by Crippen LogP contribution is 2.34. The molecule has 0 amide bonds. The van der Waals surface area contributed by atoms with E-state index in [1.54, 1.807) is 0 Å². The Balaban J connectivity index is 2.75. The number of halogens is 3. The normalized spacial score (nSPS) is 23.6. The third kappa shape index (κ3) is 2.75. The van der Waals surface area contributed by atoms with Crippen molar-refractivity contribution in [2.24, 2.45) is 11.7 Å². The molecule has 94 valence electrons. The van der Waals surface area contributed by atoms with E-state index in [4.69, 9.17) is 5.73 Å². The van der Waals surface area contributed by atoms with E-state index in [0.717, 1.165) is 32.6 Å². The Bertz CT molecular complexity index is 252. The largest absolute Gasteiger partial charge is 0.413 e. The first-order valence-corrected chi connectivity index (χ1v) is 5.66. The van der Waals surface area contributed by atoms with Crippen molar-refractivity contribution >= 4 is 5.78 Å². The summed E-state index contributed by atoms with van der Waals surface area (Å²) in [5.74, 6) is -1.36. The van der Waals surface area contributed by atoms with Gasteiger partial charge in [0.1, 0.15) is 0 Å². The highest BCUT2D eigenvalue weighted by atomic mass is 19.4. The Labute approximate surface area is 93.4 Å². The van der Waals surface area contributed by atoms with E-state index in [9.17, 15) is 18.0 Å². The summed E-state index contributed by atoms with van der Waals surface area (Å²) in [7, 11) is 0. The van der Waals surface area contributed by atoms with Crippen molar-refractivity contribution < 1.29 is 18.0 Å². The number of nitrogens with two attached hydrogens (primary N) is 1. The second kappa shape index (κ2) is 4.73. The summed E-state index contributed by atoms with van der Waals surface area (Å²) < 4.78 is 37.8. The molecule has 0 spiro atoms. The zero-order chi connectivity index (χ0) is 12.4. The molecule has 0 aromatic heterocycles. The SMILES string of the molecule is CC(N)(C(=O)C1CCCCCC1)C(F)(F)F. The molecule has 0 aromatic rings.